The molecule has 0 spiro atoms. The average molecular weight is 355 g/mol. The van der Waals surface area contributed by atoms with Crippen molar-refractivity contribution in [2.24, 2.45) is 16.0 Å². The van der Waals surface area contributed by atoms with Gasteiger partial charge in [-0.05, 0) is 24.3 Å². The lowest BCUT2D eigenvalue weighted by atomic mass is 10.1. The monoisotopic (exact) mass is 355 g/mol. The quantitative estimate of drug-likeness (QED) is 0.171. The van der Waals surface area contributed by atoms with Crippen molar-refractivity contribution in [3.63, 3.8) is 0 Å². The van der Waals surface area contributed by atoms with Crippen molar-refractivity contribution in [2.45, 2.75) is 0 Å². The highest BCUT2D eigenvalue weighted by molar-refractivity contribution is 6.12. The van der Waals surface area contributed by atoms with Crippen molar-refractivity contribution in [3.8, 4) is 0 Å². The van der Waals surface area contributed by atoms with Crippen LogP contribution >= 0.6 is 0 Å². The molecule has 2 aromatic carbocycles. The maximum Gasteiger partial charge on any atom is 0.173 e. The first-order valence-electron chi connectivity index (χ1n) is 8.29. The molecule has 0 bridgehead atoms. The number of nitrogens with zero attached hydrogens (tertiary/aromatic N) is 4. The molecule has 0 saturated carbocycles. The van der Waals surface area contributed by atoms with Crippen LogP contribution in [0.2, 0.25) is 0 Å². The minimum Gasteiger partial charge on any atom is -0.340 e. The van der Waals surface area contributed by atoms with Crippen LogP contribution in [-0.2, 0) is 0 Å². The maximum atomic E-state index is 5.45. The third-order valence-corrected chi connectivity index (χ3v) is 4.22. The largest absolute Gasteiger partial charge is 0.340 e. The van der Waals surface area contributed by atoms with E-state index in [-0.39, 0.29) is 0 Å². The molecule has 2 aromatic heterocycles. The Hall–Kier alpha value is -4.00. The molecule has 0 fully saturated rings. The lowest BCUT2D eigenvalue weighted by molar-refractivity contribution is 1.02. The highest BCUT2D eigenvalue weighted by Crippen LogP contribution is 2.30. The van der Waals surface area contributed by atoms with Crippen molar-refractivity contribution in [1.29, 1.82) is 0 Å². The number of pyridine rings is 2. The van der Waals surface area contributed by atoms with Gasteiger partial charge in [-0.15, -0.1) is 0 Å². The van der Waals surface area contributed by atoms with E-state index in [1.165, 1.54) is 0 Å². The standard InChI is InChI=1S/C20H17N7/c1-22-27-19(26-21)13-7-8-15-17-12-23-10-9-16(17)20(25-18(15)11-13)24-14-5-3-2-4-6-14/h2-12H,1,21H2,(H,24,25)(H,26,27). The second kappa shape index (κ2) is 7.09. The van der Waals surface area contributed by atoms with Crippen LogP contribution in [-0.4, -0.2) is 22.5 Å². The Balaban J connectivity index is 1.91. The Morgan fingerprint density at radius 2 is 1.85 bits per heavy atom. The smallest absolute Gasteiger partial charge is 0.173 e. The van der Waals surface area contributed by atoms with Crippen LogP contribution in [0.5, 0.6) is 0 Å². The first kappa shape index (κ1) is 16.5. The highest BCUT2D eigenvalue weighted by atomic mass is 15.3. The highest BCUT2D eigenvalue weighted by Gasteiger charge is 2.11. The van der Waals surface area contributed by atoms with Crippen LogP contribution in [0.4, 0.5) is 11.5 Å². The number of hydrogen-bond acceptors (Lipinski definition) is 6. The van der Waals surface area contributed by atoms with Crippen LogP contribution < -0.4 is 16.6 Å². The molecule has 7 nitrogen and oxygen atoms in total. The zero-order valence-electron chi connectivity index (χ0n) is 14.4. The summed E-state index contributed by atoms with van der Waals surface area (Å²) in [6.45, 7) is 3.41. The normalized spacial score (nSPS) is 11.5. The average Bonchev–Trinajstić information content (AvgIpc) is 2.72. The molecule has 0 atom stereocenters. The molecule has 0 aliphatic rings. The second-order valence-corrected chi connectivity index (χ2v) is 5.85. The van der Waals surface area contributed by atoms with Crippen molar-refractivity contribution in [3.05, 3.63) is 72.6 Å². The summed E-state index contributed by atoms with van der Waals surface area (Å²) in [5.41, 5.74) is 5.20. The SMILES string of the molecule is C=NNC(=NN)c1ccc2c(c1)nc(Nc1ccccc1)c1ccncc12. The van der Waals surface area contributed by atoms with E-state index in [1.807, 2.05) is 60.8 Å². The molecule has 2 heterocycles. The van der Waals surface area contributed by atoms with Gasteiger partial charge in [0, 0.05) is 46.5 Å². The number of anilines is 2. The van der Waals surface area contributed by atoms with Crippen LogP contribution in [0.25, 0.3) is 21.7 Å². The van der Waals surface area contributed by atoms with Crippen molar-refractivity contribution < 1.29 is 0 Å². The summed E-state index contributed by atoms with van der Waals surface area (Å²) in [6, 6.07) is 17.7. The molecule has 4 aromatic rings. The van der Waals surface area contributed by atoms with E-state index >= 15 is 0 Å². The van der Waals surface area contributed by atoms with Crippen molar-refractivity contribution >= 4 is 45.7 Å². The molecule has 4 rings (SSSR count). The van der Waals surface area contributed by atoms with Crippen LogP contribution in [0.3, 0.4) is 0 Å². The molecule has 27 heavy (non-hydrogen) atoms. The fourth-order valence-corrected chi connectivity index (χ4v) is 2.99. The fraction of sp³-hybridized carbons (Fsp3) is 0. The van der Waals surface area contributed by atoms with E-state index in [0.29, 0.717) is 5.84 Å². The number of rotatable bonds is 4. The van der Waals surface area contributed by atoms with Gasteiger partial charge < -0.3 is 11.2 Å². The van der Waals surface area contributed by atoms with Gasteiger partial charge >= 0.3 is 0 Å². The minimum absolute atomic E-state index is 0.414. The molecule has 0 aliphatic carbocycles. The third kappa shape index (κ3) is 3.13. The number of amidine groups is 1. The molecule has 0 unspecified atom stereocenters. The van der Waals surface area contributed by atoms with E-state index in [4.69, 9.17) is 10.8 Å². The van der Waals surface area contributed by atoms with Crippen LogP contribution in [0.1, 0.15) is 5.56 Å². The summed E-state index contributed by atoms with van der Waals surface area (Å²) >= 11 is 0. The predicted molar refractivity (Wildman–Crippen MR) is 110 cm³/mol. The van der Waals surface area contributed by atoms with Gasteiger partial charge in [-0.1, -0.05) is 30.3 Å². The zero-order valence-corrected chi connectivity index (χ0v) is 14.4. The molecule has 4 N–H and O–H groups in total. The van der Waals surface area contributed by atoms with Gasteiger partial charge in [0.25, 0.3) is 0 Å². The first-order valence-corrected chi connectivity index (χ1v) is 8.29. The number of benzene rings is 2. The zero-order chi connectivity index (χ0) is 18.6. The second-order valence-electron chi connectivity index (χ2n) is 5.85. The Labute approximate surface area is 155 Å². The van der Waals surface area contributed by atoms with Gasteiger partial charge in [-0.2, -0.15) is 10.2 Å². The lowest BCUT2D eigenvalue weighted by Crippen LogP contribution is -2.20. The van der Waals surface area contributed by atoms with E-state index in [2.05, 4.69) is 32.6 Å². The maximum absolute atomic E-state index is 5.45. The van der Waals surface area contributed by atoms with E-state index in [1.54, 1.807) is 6.20 Å². The number of nitrogens with two attached hydrogens (primary N) is 1. The van der Waals surface area contributed by atoms with Gasteiger partial charge in [-0.3, -0.25) is 10.4 Å². The molecular formula is C20H17N7. The summed E-state index contributed by atoms with van der Waals surface area (Å²) < 4.78 is 0. The molecule has 7 heteroatoms. The third-order valence-electron chi connectivity index (χ3n) is 4.22. The van der Waals surface area contributed by atoms with E-state index < -0.39 is 0 Å². The number of hydrogen-bond donors (Lipinski definition) is 3. The number of hydrazone groups is 2. The van der Waals surface area contributed by atoms with Gasteiger partial charge in [0.2, 0.25) is 0 Å². The fourth-order valence-electron chi connectivity index (χ4n) is 2.99. The summed E-state index contributed by atoms with van der Waals surface area (Å²) in [6.07, 6.45) is 3.61. The number of para-hydroxylation sites is 1. The molecule has 0 amide bonds. The Morgan fingerprint density at radius 1 is 1.00 bits per heavy atom. The Kier molecular flexibility index (Phi) is 4.32. The van der Waals surface area contributed by atoms with E-state index in [0.717, 1.165) is 38.7 Å². The predicted octanol–water partition coefficient (Wildman–Crippen LogP) is 3.35. The molecular weight excluding hydrogens is 338 g/mol. The summed E-state index contributed by atoms with van der Waals surface area (Å²) in [5.74, 6) is 6.62. The van der Waals surface area contributed by atoms with Crippen LogP contribution in [0.15, 0.2) is 77.2 Å². The van der Waals surface area contributed by atoms with Crippen molar-refractivity contribution in [2.75, 3.05) is 5.32 Å². The van der Waals surface area contributed by atoms with Gasteiger partial charge in [-0.25, -0.2) is 4.98 Å². The summed E-state index contributed by atoms with van der Waals surface area (Å²) in [4.78, 5) is 9.11. The molecule has 0 saturated heterocycles. The summed E-state index contributed by atoms with van der Waals surface area (Å²) in [5, 5.41) is 13.7. The van der Waals surface area contributed by atoms with Gasteiger partial charge in [0.15, 0.2) is 5.84 Å². The van der Waals surface area contributed by atoms with E-state index in [9.17, 15) is 0 Å². The summed E-state index contributed by atoms with van der Waals surface area (Å²) in [7, 11) is 0. The number of nitrogens with one attached hydrogen (secondary N) is 2. The Bertz CT molecular complexity index is 1150. The van der Waals surface area contributed by atoms with Gasteiger partial charge in [0.05, 0.1) is 5.52 Å². The molecule has 132 valence electrons. The van der Waals surface area contributed by atoms with Gasteiger partial charge in [0.1, 0.15) is 5.82 Å². The lowest BCUT2D eigenvalue weighted by Gasteiger charge is -2.12. The Morgan fingerprint density at radius 3 is 2.63 bits per heavy atom. The van der Waals surface area contributed by atoms with Crippen LogP contribution in [0, 0.1) is 0 Å². The number of aromatic nitrogens is 2. The number of fused-ring (bicyclic) bond motifs is 3. The minimum atomic E-state index is 0.414. The molecule has 0 radical (unpaired) electrons. The topological polar surface area (TPSA) is 101 Å². The molecule has 0 aliphatic heterocycles. The first-order chi connectivity index (χ1) is 13.3. The van der Waals surface area contributed by atoms with Crippen molar-refractivity contribution in [1.82, 2.24) is 15.4 Å².